The Labute approximate surface area is 115 Å². The molecule has 0 saturated heterocycles. The van der Waals surface area contributed by atoms with Crippen LogP contribution in [0.15, 0.2) is 18.2 Å². The van der Waals surface area contributed by atoms with Crippen LogP contribution in [0.2, 0.25) is 10.0 Å². The quantitative estimate of drug-likeness (QED) is 0.819. The molecule has 1 unspecified atom stereocenters. The van der Waals surface area contributed by atoms with Gasteiger partial charge in [-0.1, -0.05) is 36.2 Å². The maximum Gasteiger partial charge on any atom is 0.331 e. The summed E-state index contributed by atoms with van der Waals surface area (Å²) in [5, 5.41) is 9.91. The first-order valence-electron chi connectivity index (χ1n) is 5.40. The van der Waals surface area contributed by atoms with Gasteiger partial charge in [-0.15, -0.1) is 0 Å². The minimum atomic E-state index is -1.13. The average molecular weight is 290 g/mol. The molecule has 4 nitrogen and oxygen atoms in total. The van der Waals surface area contributed by atoms with Crippen LogP contribution in [0.1, 0.15) is 24.9 Å². The van der Waals surface area contributed by atoms with E-state index in [1.165, 1.54) is 17.0 Å². The van der Waals surface area contributed by atoms with Gasteiger partial charge in [0.15, 0.2) is 6.04 Å². The zero-order valence-electron chi connectivity index (χ0n) is 9.77. The van der Waals surface area contributed by atoms with Crippen LogP contribution in [-0.4, -0.2) is 28.9 Å². The summed E-state index contributed by atoms with van der Waals surface area (Å²) >= 11 is 11.7. The van der Waals surface area contributed by atoms with Gasteiger partial charge in [-0.25, -0.2) is 4.79 Å². The molecule has 1 amide bonds. The third-order valence-corrected chi connectivity index (χ3v) is 3.00. The number of carbonyl (C=O) groups excluding carboxylic acids is 1. The van der Waals surface area contributed by atoms with Gasteiger partial charge in [-0.3, -0.25) is 4.79 Å². The van der Waals surface area contributed by atoms with Crippen LogP contribution in [-0.2, 0) is 9.59 Å². The van der Waals surface area contributed by atoms with Gasteiger partial charge in [0.05, 0.1) is 0 Å². The fourth-order valence-electron chi connectivity index (χ4n) is 1.68. The zero-order chi connectivity index (χ0) is 13.7. The van der Waals surface area contributed by atoms with Crippen molar-refractivity contribution >= 4 is 35.6 Å². The Hall–Kier alpha value is -1.26. The molecule has 0 aliphatic rings. The van der Waals surface area contributed by atoms with Crippen LogP contribution < -0.4 is 0 Å². The van der Waals surface area contributed by atoms with E-state index in [1.807, 2.05) is 6.92 Å². The molecule has 0 saturated carbocycles. The first-order chi connectivity index (χ1) is 8.51. The highest BCUT2D eigenvalue weighted by Crippen LogP contribution is 2.29. The minimum Gasteiger partial charge on any atom is -0.479 e. The topological polar surface area (TPSA) is 57.6 Å². The van der Waals surface area contributed by atoms with E-state index in [0.717, 1.165) is 0 Å². The molecule has 0 radical (unpaired) electrons. The normalized spacial score (nSPS) is 11.9. The first-order valence-corrected chi connectivity index (χ1v) is 6.15. The second-order valence-electron chi connectivity index (χ2n) is 3.75. The summed E-state index contributed by atoms with van der Waals surface area (Å²) < 4.78 is 0. The minimum absolute atomic E-state index is 0.234. The Kier molecular flexibility index (Phi) is 5.44. The van der Waals surface area contributed by atoms with Crippen LogP contribution in [0.3, 0.4) is 0 Å². The van der Waals surface area contributed by atoms with E-state index >= 15 is 0 Å². The number of hydrogen-bond acceptors (Lipinski definition) is 2. The molecule has 1 atom stereocenters. The molecule has 1 aromatic rings. The van der Waals surface area contributed by atoms with Crippen molar-refractivity contribution in [1.82, 2.24) is 4.90 Å². The van der Waals surface area contributed by atoms with Gasteiger partial charge in [0.2, 0.25) is 6.41 Å². The Balaban J connectivity index is 3.18. The second kappa shape index (κ2) is 6.61. The standard InChI is InChI=1S/C12H13Cl2NO3/c1-2-5-15(7-16)11(12(17)18)9-4-3-8(13)6-10(9)14/h3-4,6-7,11H,2,5H2,1H3,(H,17,18). The molecule has 18 heavy (non-hydrogen) atoms. The Bertz CT molecular complexity index is 451. The van der Waals surface area contributed by atoms with Crippen LogP contribution >= 0.6 is 23.2 Å². The number of carboxylic acid groups (broad SMARTS) is 1. The van der Waals surface area contributed by atoms with Crippen LogP contribution in [0, 0.1) is 0 Å². The Morgan fingerprint density at radius 3 is 2.61 bits per heavy atom. The molecule has 1 aromatic carbocycles. The fraction of sp³-hybridized carbons (Fsp3) is 0.333. The molecule has 0 heterocycles. The third-order valence-electron chi connectivity index (χ3n) is 2.44. The second-order valence-corrected chi connectivity index (χ2v) is 4.59. The Morgan fingerprint density at radius 2 is 2.17 bits per heavy atom. The summed E-state index contributed by atoms with van der Waals surface area (Å²) in [7, 11) is 0. The van der Waals surface area contributed by atoms with Gasteiger partial charge in [0.25, 0.3) is 0 Å². The molecule has 1 N–H and O–H groups in total. The van der Waals surface area contributed by atoms with Crippen molar-refractivity contribution in [2.45, 2.75) is 19.4 Å². The molecule has 6 heteroatoms. The number of amides is 1. The summed E-state index contributed by atoms with van der Waals surface area (Å²) in [6.45, 7) is 2.21. The number of carboxylic acids is 1. The lowest BCUT2D eigenvalue weighted by Crippen LogP contribution is -2.33. The predicted molar refractivity (Wildman–Crippen MR) is 69.9 cm³/mol. The van der Waals surface area contributed by atoms with E-state index in [1.54, 1.807) is 6.07 Å². The van der Waals surface area contributed by atoms with E-state index in [0.29, 0.717) is 30.0 Å². The van der Waals surface area contributed by atoms with Gasteiger partial charge in [0.1, 0.15) is 0 Å². The molecule has 0 aliphatic heterocycles. The lowest BCUT2D eigenvalue weighted by atomic mass is 10.1. The number of benzene rings is 1. The Morgan fingerprint density at radius 1 is 1.50 bits per heavy atom. The van der Waals surface area contributed by atoms with Crippen LogP contribution in [0.25, 0.3) is 0 Å². The third kappa shape index (κ3) is 3.37. The van der Waals surface area contributed by atoms with Crippen LogP contribution in [0.5, 0.6) is 0 Å². The number of carbonyl (C=O) groups is 2. The summed E-state index contributed by atoms with van der Waals surface area (Å²) in [4.78, 5) is 23.5. The van der Waals surface area contributed by atoms with Gasteiger partial charge in [-0.05, 0) is 18.6 Å². The van der Waals surface area contributed by atoms with E-state index < -0.39 is 12.0 Å². The zero-order valence-corrected chi connectivity index (χ0v) is 11.3. The number of rotatable bonds is 6. The molecule has 98 valence electrons. The van der Waals surface area contributed by atoms with E-state index in [9.17, 15) is 14.7 Å². The molecule has 0 aliphatic carbocycles. The highest BCUT2D eigenvalue weighted by molar-refractivity contribution is 6.35. The van der Waals surface area contributed by atoms with Crippen LogP contribution in [0.4, 0.5) is 0 Å². The van der Waals surface area contributed by atoms with Crippen molar-refractivity contribution in [3.63, 3.8) is 0 Å². The number of halogens is 2. The summed E-state index contributed by atoms with van der Waals surface area (Å²) in [5.41, 5.74) is 0.356. The van der Waals surface area contributed by atoms with Crippen molar-refractivity contribution < 1.29 is 14.7 Å². The number of hydrogen-bond donors (Lipinski definition) is 1. The first kappa shape index (κ1) is 14.8. The summed E-state index contributed by atoms with van der Waals surface area (Å²) in [6, 6.07) is 3.44. The lowest BCUT2D eigenvalue weighted by molar-refractivity contribution is -0.146. The van der Waals surface area contributed by atoms with Crippen molar-refractivity contribution in [3.05, 3.63) is 33.8 Å². The van der Waals surface area contributed by atoms with Crippen molar-refractivity contribution in [2.24, 2.45) is 0 Å². The molecular formula is C12H13Cl2NO3. The van der Waals surface area contributed by atoms with Crippen molar-refractivity contribution in [1.29, 1.82) is 0 Å². The predicted octanol–water partition coefficient (Wildman–Crippen LogP) is 2.99. The molecular weight excluding hydrogens is 277 g/mol. The van der Waals surface area contributed by atoms with Crippen molar-refractivity contribution in [3.8, 4) is 0 Å². The smallest absolute Gasteiger partial charge is 0.331 e. The SMILES string of the molecule is CCCN(C=O)C(C(=O)O)c1ccc(Cl)cc1Cl. The number of aliphatic carboxylic acids is 1. The number of nitrogens with zero attached hydrogens (tertiary/aromatic N) is 1. The fourth-order valence-corrected chi connectivity index (χ4v) is 2.19. The van der Waals surface area contributed by atoms with E-state index in [4.69, 9.17) is 23.2 Å². The van der Waals surface area contributed by atoms with Crippen molar-refractivity contribution in [2.75, 3.05) is 6.54 Å². The highest BCUT2D eigenvalue weighted by atomic mass is 35.5. The monoisotopic (exact) mass is 289 g/mol. The maximum atomic E-state index is 11.3. The van der Waals surface area contributed by atoms with E-state index in [2.05, 4.69) is 0 Å². The van der Waals surface area contributed by atoms with Gasteiger partial charge in [0, 0.05) is 22.2 Å². The average Bonchev–Trinajstić information content (AvgIpc) is 2.30. The maximum absolute atomic E-state index is 11.3. The lowest BCUT2D eigenvalue weighted by Gasteiger charge is -2.25. The van der Waals surface area contributed by atoms with Gasteiger partial charge < -0.3 is 10.0 Å². The molecule has 0 bridgehead atoms. The highest BCUT2D eigenvalue weighted by Gasteiger charge is 2.27. The van der Waals surface area contributed by atoms with E-state index in [-0.39, 0.29) is 5.02 Å². The molecule has 0 spiro atoms. The summed E-state index contributed by atoms with van der Waals surface area (Å²) in [6.07, 6.45) is 1.18. The largest absolute Gasteiger partial charge is 0.479 e. The van der Waals surface area contributed by atoms with Gasteiger partial charge >= 0.3 is 5.97 Å². The van der Waals surface area contributed by atoms with Gasteiger partial charge in [-0.2, -0.15) is 0 Å². The molecule has 1 rings (SSSR count). The summed E-state index contributed by atoms with van der Waals surface area (Å²) in [5.74, 6) is -1.13. The molecule has 0 fully saturated rings. The molecule has 0 aromatic heterocycles.